The largest absolute Gasteiger partial charge is 0.316 e. The van der Waals surface area contributed by atoms with Crippen molar-refractivity contribution < 1.29 is 0 Å². The van der Waals surface area contributed by atoms with Gasteiger partial charge in [-0.15, -0.1) is 0 Å². The van der Waals surface area contributed by atoms with E-state index in [1.54, 1.807) is 0 Å². The summed E-state index contributed by atoms with van der Waals surface area (Å²) < 4.78 is 0. The third-order valence-corrected chi connectivity index (χ3v) is 3.79. The van der Waals surface area contributed by atoms with Crippen molar-refractivity contribution in [2.75, 3.05) is 24.6 Å². The third kappa shape index (κ3) is 8.15. The van der Waals surface area contributed by atoms with Gasteiger partial charge in [-0.1, -0.05) is 34.6 Å². The van der Waals surface area contributed by atoms with Crippen LogP contribution in [0.25, 0.3) is 0 Å². The van der Waals surface area contributed by atoms with Crippen molar-refractivity contribution in [1.29, 1.82) is 0 Å². The molecule has 1 nitrogen and oxygen atoms in total. The average Bonchev–Trinajstić information content (AvgIpc) is 2.14. The summed E-state index contributed by atoms with van der Waals surface area (Å²) in [6.07, 6.45) is 2.58. The highest BCUT2D eigenvalue weighted by atomic mass is 32.2. The highest BCUT2D eigenvalue weighted by molar-refractivity contribution is 7.99. The lowest BCUT2D eigenvalue weighted by Gasteiger charge is -2.31. The minimum atomic E-state index is 0.440. The molecule has 0 aliphatic heterocycles. The molecule has 0 aliphatic carbocycles. The second kappa shape index (κ2) is 8.46. The van der Waals surface area contributed by atoms with E-state index in [4.69, 9.17) is 0 Å². The van der Waals surface area contributed by atoms with Crippen LogP contribution in [-0.2, 0) is 0 Å². The Bertz CT molecular complexity index is 130. The maximum absolute atomic E-state index is 3.56. The molecule has 0 aliphatic rings. The smallest absolute Gasteiger partial charge is 0.00152 e. The Morgan fingerprint density at radius 2 is 1.87 bits per heavy atom. The predicted molar refractivity (Wildman–Crippen MR) is 73.7 cm³/mol. The van der Waals surface area contributed by atoms with Gasteiger partial charge in [0.15, 0.2) is 0 Å². The van der Waals surface area contributed by atoms with E-state index in [1.807, 2.05) is 0 Å². The van der Waals surface area contributed by atoms with Crippen molar-refractivity contribution in [2.24, 2.45) is 11.3 Å². The summed E-state index contributed by atoms with van der Waals surface area (Å²) in [7, 11) is 0. The molecule has 15 heavy (non-hydrogen) atoms. The van der Waals surface area contributed by atoms with Crippen molar-refractivity contribution in [2.45, 2.75) is 47.5 Å². The van der Waals surface area contributed by atoms with E-state index in [0.29, 0.717) is 5.41 Å². The quantitative estimate of drug-likeness (QED) is 0.638. The van der Waals surface area contributed by atoms with Crippen LogP contribution in [0, 0.1) is 11.3 Å². The molecule has 0 heterocycles. The summed E-state index contributed by atoms with van der Waals surface area (Å²) in [5, 5.41) is 3.56. The molecule has 0 rings (SSSR count). The third-order valence-electron chi connectivity index (χ3n) is 2.86. The van der Waals surface area contributed by atoms with E-state index in [2.05, 4.69) is 51.7 Å². The van der Waals surface area contributed by atoms with Gasteiger partial charge in [0.2, 0.25) is 0 Å². The van der Waals surface area contributed by atoms with Gasteiger partial charge >= 0.3 is 0 Å². The lowest BCUT2D eigenvalue weighted by Crippen LogP contribution is -2.32. The summed E-state index contributed by atoms with van der Waals surface area (Å²) in [4.78, 5) is 0. The lowest BCUT2D eigenvalue weighted by molar-refractivity contribution is 0.227. The number of thioether (sulfide) groups is 1. The number of hydrogen-bond acceptors (Lipinski definition) is 2. The van der Waals surface area contributed by atoms with E-state index in [1.165, 1.54) is 30.9 Å². The fraction of sp³-hybridized carbons (Fsp3) is 1.00. The van der Waals surface area contributed by atoms with Crippen molar-refractivity contribution in [3.8, 4) is 0 Å². The molecule has 0 saturated carbocycles. The summed E-state index contributed by atoms with van der Waals surface area (Å²) in [6.45, 7) is 13.9. The van der Waals surface area contributed by atoms with Gasteiger partial charge in [-0.2, -0.15) is 11.8 Å². The van der Waals surface area contributed by atoms with Crippen molar-refractivity contribution in [1.82, 2.24) is 5.32 Å². The van der Waals surface area contributed by atoms with Crippen molar-refractivity contribution in [3.63, 3.8) is 0 Å². The second-order valence-electron chi connectivity index (χ2n) is 5.25. The SMILES string of the molecule is CCCNCC(CCSCC)C(C)(C)C. The highest BCUT2D eigenvalue weighted by Gasteiger charge is 2.23. The Labute approximate surface area is 101 Å². The van der Waals surface area contributed by atoms with Gasteiger partial charge in [-0.25, -0.2) is 0 Å². The van der Waals surface area contributed by atoms with E-state index < -0.39 is 0 Å². The van der Waals surface area contributed by atoms with E-state index >= 15 is 0 Å². The Kier molecular flexibility index (Phi) is 8.64. The minimum Gasteiger partial charge on any atom is -0.316 e. The molecule has 0 spiro atoms. The zero-order valence-corrected chi connectivity index (χ0v) is 12.0. The van der Waals surface area contributed by atoms with Gasteiger partial charge in [0.1, 0.15) is 0 Å². The summed E-state index contributed by atoms with van der Waals surface area (Å²) >= 11 is 2.06. The summed E-state index contributed by atoms with van der Waals surface area (Å²) in [5.74, 6) is 3.37. The first kappa shape index (κ1) is 15.3. The maximum atomic E-state index is 3.56. The highest BCUT2D eigenvalue weighted by Crippen LogP contribution is 2.29. The Morgan fingerprint density at radius 1 is 1.20 bits per heavy atom. The molecule has 1 unspecified atom stereocenters. The predicted octanol–water partition coefficient (Wildman–Crippen LogP) is 3.79. The summed E-state index contributed by atoms with van der Waals surface area (Å²) in [6, 6.07) is 0. The molecular weight excluding hydrogens is 202 g/mol. The van der Waals surface area contributed by atoms with Gasteiger partial charge in [-0.05, 0) is 48.8 Å². The van der Waals surface area contributed by atoms with E-state index in [9.17, 15) is 0 Å². The van der Waals surface area contributed by atoms with Crippen LogP contribution in [0.5, 0.6) is 0 Å². The second-order valence-corrected chi connectivity index (χ2v) is 6.65. The Hall–Kier alpha value is 0.310. The van der Waals surface area contributed by atoms with Crippen LogP contribution in [0.15, 0.2) is 0 Å². The minimum absolute atomic E-state index is 0.440. The van der Waals surface area contributed by atoms with Gasteiger partial charge in [-0.3, -0.25) is 0 Å². The molecule has 0 bridgehead atoms. The van der Waals surface area contributed by atoms with Crippen LogP contribution in [0.3, 0.4) is 0 Å². The molecule has 0 aromatic carbocycles. The number of hydrogen-bond donors (Lipinski definition) is 1. The molecule has 92 valence electrons. The molecule has 1 N–H and O–H groups in total. The monoisotopic (exact) mass is 231 g/mol. The first-order valence-corrected chi connectivity index (χ1v) is 7.46. The molecule has 0 aromatic heterocycles. The molecule has 0 aromatic rings. The first-order chi connectivity index (χ1) is 7.02. The Balaban J connectivity index is 3.85. The molecule has 1 atom stereocenters. The van der Waals surface area contributed by atoms with Gasteiger partial charge in [0.25, 0.3) is 0 Å². The maximum Gasteiger partial charge on any atom is -0.00152 e. The van der Waals surface area contributed by atoms with E-state index in [0.717, 1.165) is 12.5 Å². The zero-order chi connectivity index (χ0) is 11.7. The molecule has 2 heteroatoms. The van der Waals surface area contributed by atoms with Crippen LogP contribution in [0.4, 0.5) is 0 Å². The zero-order valence-electron chi connectivity index (χ0n) is 11.2. The first-order valence-electron chi connectivity index (χ1n) is 6.30. The summed E-state index contributed by atoms with van der Waals surface area (Å²) in [5.41, 5.74) is 0.440. The Morgan fingerprint density at radius 3 is 2.33 bits per heavy atom. The topological polar surface area (TPSA) is 12.0 Å². The van der Waals surface area contributed by atoms with Gasteiger partial charge in [0.05, 0.1) is 0 Å². The molecule has 0 radical (unpaired) electrons. The fourth-order valence-corrected chi connectivity index (χ4v) is 2.40. The normalized spacial score (nSPS) is 14.2. The van der Waals surface area contributed by atoms with Crippen LogP contribution < -0.4 is 5.32 Å². The number of rotatable bonds is 8. The molecule has 0 amide bonds. The average molecular weight is 231 g/mol. The van der Waals surface area contributed by atoms with Crippen LogP contribution in [0.1, 0.15) is 47.5 Å². The standard InChI is InChI=1S/C13H29NS/c1-6-9-14-11-12(13(3,4)5)8-10-15-7-2/h12,14H,6-11H2,1-5H3. The van der Waals surface area contributed by atoms with Crippen molar-refractivity contribution >= 4 is 11.8 Å². The van der Waals surface area contributed by atoms with Crippen LogP contribution in [-0.4, -0.2) is 24.6 Å². The molecular formula is C13H29NS. The van der Waals surface area contributed by atoms with Gasteiger partial charge in [0, 0.05) is 0 Å². The number of nitrogens with one attached hydrogen (secondary N) is 1. The van der Waals surface area contributed by atoms with E-state index in [-0.39, 0.29) is 0 Å². The van der Waals surface area contributed by atoms with Crippen LogP contribution >= 0.6 is 11.8 Å². The molecule has 0 fully saturated rings. The van der Waals surface area contributed by atoms with Gasteiger partial charge < -0.3 is 5.32 Å². The van der Waals surface area contributed by atoms with Crippen molar-refractivity contribution in [3.05, 3.63) is 0 Å². The van der Waals surface area contributed by atoms with Crippen LogP contribution in [0.2, 0.25) is 0 Å². The fourth-order valence-electron chi connectivity index (χ4n) is 1.66. The lowest BCUT2D eigenvalue weighted by atomic mass is 9.79. The molecule has 0 saturated heterocycles.